The first-order valence-corrected chi connectivity index (χ1v) is 7.31. The Morgan fingerprint density at radius 3 is 2.57 bits per heavy atom. The van der Waals surface area contributed by atoms with Crippen LogP contribution in [0.1, 0.15) is 40.5 Å². The van der Waals surface area contributed by atoms with E-state index < -0.39 is 11.6 Å². The molecule has 0 aromatic carbocycles. The van der Waals surface area contributed by atoms with Crippen LogP contribution in [0.3, 0.4) is 0 Å². The van der Waals surface area contributed by atoms with Gasteiger partial charge in [-0.3, -0.25) is 4.79 Å². The number of hydrogen-bond donors (Lipinski definition) is 1. The quantitative estimate of drug-likeness (QED) is 0.632. The van der Waals surface area contributed by atoms with Crippen LogP contribution in [0.15, 0.2) is 11.6 Å². The van der Waals surface area contributed by atoms with E-state index in [0.29, 0.717) is 32.5 Å². The number of rotatable bonds is 4. The van der Waals surface area contributed by atoms with Gasteiger partial charge in [-0.2, -0.15) is 0 Å². The van der Waals surface area contributed by atoms with E-state index >= 15 is 0 Å². The maximum atomic E-state index is 11.9. The molecule has 120 valence electrons. The van der Waals surface area contributed by atoms with Crippen LogP contribution >= 0.6 is 0 Å². The van der Waals surface area contributed by atoms with E-state index in [1.165, 1.54) is 0 Å². The summed E-state index contributed by atoms with van der Waals surface area (Å²) in [5.74, 6) is -0.382. The Balaban J connectivity index is 2.47. The molecule has 1 unspecified atom stereocenters. The van der Waals surface area contributed by atoms with Crippen molar-refractivity contribution in [3.8, 4) is 0 Å². The van der Waals surface area contributed by atoms with Gasteiger partial charge in [-0.05, 0) is 40.5 Å². The number of nitrogens with zero attached hydrogens (tertiary/aromatic N) is 1. The Morgan fingerprint density at radius 2 is 2.10 bits per heavy atom. The molecule has 0 fully saturated rings. The van der Waals surface area contributed by atoms with Crippen molar-refractivity contribution in [3.05, 3.63) is 11.6 Å². The van der Waals surface area contributed by atoms with Gasteiger partial charge >= 0.3 is 12.1 Å². The number of hydrogen-bond acceptors (Lipinski definition) is 5. The van der Waals surface area contributed by atoms with Crippen LogP contribution in [0.2, 0.25) is 0 Å². The minimum Gasteiger partial charge on any atom is -0.465 e. The summed E-state index contributed by atoms with van der Waals surface area (Å²) in [5.41, 5.74) is 6.38. The van der Waals surface area contributed by atoms with Gasteiger partial charge in [0.2, 0.25) is 0 Å². The molecule has 0 aliphatic carbocycles. The monoisotopic (exact) mass is 298 g/mol. The number of ether oxygens (including phenoxy) is 2. The molecule has 1 rings (SSSR count). The lowest BCUT2D eigenvalue weighted by atomic mass is 10.0. The zero-order valence-corrected chi connectivity index (χ0v) is 13.3. The first kappa shape index (κ1) is 17.5. The van der Waals surface area contributed by atoms with E-state index in [1.54, 1.807) is 11.8 Å². The number of esters is 1. The molecule has 0 aromatic rings. The van der Waals surface area contributed by atoms with Crippen molar-refractivity contribution >= 4 is 12.1 Å². The lowest BCUT2D eigenvalue weighted by molar-refractivity contribution is -0.144. The molecule has 6 nitrogen and oxygen atoms in total. The molecule has 0 spiro atoms. The first-order valence-electron chi connectivity index (χ1n) is 7.31. The van der Waals surface area contributed by atoms with Gasteiger partial charge in [0.1, 0.15) is 11.6 Å². The molecule has 0 bridgehead atoms. The van der Waals surface area contributed by atoms with E-state index in [2.05, 4.69) is 0 Å². The summed E-state index contributed by atoms with van der Waals surface area (Å²) >= 11 is 0. The maximum Gasteiger partial charge on any atom is 0.410 e. The van der Waals surface area contributed by atoms with E-state index in [1.807, 2.05) is 26.8 Å². The second-order valence-corrected chi connectivity index (χ2v) is 6.10. The third-order valence-electron chi connectivity index (χ3n) is 3.03. The first-order chi connectivity index (χ1) is 9.73. The molecule has 1 amide bonds. The van der Waals surface area contributed by atoms with Crippen molar-refractivity contribution in [3.63, 3.8) is 0 Å². The van der Waals surface area contributed by atoms with E-state index in [0.717, 1.165) is 5.57 Å². The molecular weight excluding hydrogens is 272 g/mol. The van der Waals surface area contributed by atoms with E-state index in [-0.39, 0.29) is 12.1 Å². The average molecular weight is 298 g/mol. The van der Waals surface area contributed by atoms with Gasteiger partial charge < -0.3 is 20.1 Å². The van der Waals surface area contributed by atoms with Crippen LogP contribution in [-0.4, -0.2) is 48.3 Å². The molecule has 1 aliphatic rings. The van der Waals surface area contributed by atoms with Crippen molar-refractivity contribution in [2.75, 3.05) is 19.7 Å². The highest BCUT2D eigenvalue weighted by atomic mass is 16.6. The van der Waals surface area contributed by atoms with Crippen LogP contribution in [-0.2, 0) is 14.3 Å². The standard InChI is InChI=1S/C15H26N2O4/c1-5-20-13(18)12(16)10-11-6-8-17(9-7-11)14(19)21-15(2,3)4/h6,12H,5,7-10,16H2,1-4H3. The Hall–Kier alpha value is -1.56. The number of carbonyl (C=O) groups excluding carboxylic acids is 2. The summed E-state index contributed by atoms with van der Waals surface area (Å²) in [5, 5.41) is 0. The summed E-state index contributed by atoms with van der Waals surface area (Å²) in [6, 6.07) is -0.635. The predicted octanol–water partition coefficient (Wildman–Crippen LogP) is 1.83. The van der Waals surface area contributed by atoms with Gasteiger partial charge in [0.05, 0.1) is 6.61 Å². The molecule has 1 heterocycles. The summed E-state index contributed by atoms with van der Waals surface area (Å²) in [4.78, 5) is 25.0. The normalized spacial score (nSPS) is 17.0. The highest BCUT2D eigenvalue weighted by Crippen LogP contribution is 2.18. The minimum atomic E-state index is -0.635. The third kappa shape index (κ3) is 6.16. The second kappa shape index (κ2) is 7.45. The van der Waals surface area contributed by atoms with Gasteiger partial charge in [-0.25, -0.2) is 4.79 Å². The fourth-order valence-corrected chi connectivity index (χ4v) is 2.00. The summed E-state index contributed by atoms with van der Waals surface area (Å²) in [6.45, 7) is 8.68. The zero-order valence-electron chi connectivity index (χ0n) is 13.3. The molecule has 21 heavy (non-hydrogen) atoms. The van der Waals surface area contributed by atoms with Crippen molar-refractivity contribution in [1.82, 2.24) is 4.90 Å². The molecule has 0 radical (unpaired) electrons. The van der Waals surface area contributed by atoms with Gasteiger partial charge in [-0.1, -0.05) is 11.6 Å². The van der Waals surface area contributed by atoms with Crippen LogP contribution in [0.25, 0.3) is 0 Å². The van der Waals surface area contributed by atoms with Crippen molar-refractivity contribution < 1.29 is 19.1 Å². The lowest BCUT2D eigenvalue weighted by Gasteiger charge is -2.30. The average Bonchev–Trinajstić information content (AvgIpc) is 2.37. The van der Waals surface area contributed by atoms with Crippen molar-refractivity contribution in [2.45, 2.75) is 52.2 Å². The van der Waals surface area contributed by atoms with Gasteiger partial charge in [0, 0.05) is 13.1 Å². The van der Waals surface area contributed by atoms with Crippen LogP contribution in [0.5, 0.6) is 0 Å². The van der Waals surface area contributed by atoms with Gasteiger partial charge in [0.25, 0.3) is 0 Å². The van der Waals surface area contributed by atoms with E-state index in [4.69, 9.17) is 15.2 Å². The summed E-state index contributed by atoms with van der Waals surface area (Å²) in [7, 11) is 0. The molecular formula is C15H26N2O4. The molecule has 0 aromatic heterocycles. The van der Waals surface area contributed by atoms with Gasteiger partial charge in [-0.15, -0.1) is 0 Å². The molecule has 1 atom stereocenters. The Labute approximate surface area is 126 Å². The smallest absolute Gasteiger partial charge is 0.410 e. The van der Waals surface area contributed by atoms with Crippen LogP contribution < -0.4 is 5.73 Å². The maximum absolute atomic E-state index is 11.9. The fraction of sp³-hybridized carbons (Fsp3) is 0.733. The summed E-state index contributed by atoms with van der Waals surface area (Å²) < 4.78 is 10.2. The van der Waals surface area contributed by atoms with Crippen molar-refractivity contribution in [2.24, 2.45) is 5.73 Å². The molecule has 0 saturated carbocycles. The van der Waals surface area contributed by atoms with Crippen molar-refractivity contribution in [1.29, 1.82) is 0 Å². The van der Waals surface area contributed by atoms with Crippen LogP contribution in [0, 0.1) is 0 Å². The third-order valence-corrected chi connectivity index (χ3v) is 3.03. The topological polar surface area (TPSA) is 81.9 Å². The zero-order chi connectivity index (χ0) is 16.0. The summed E-state index contributed by atoms with van der Waals surface area (Å²) in [6.07, 6.45) is 2.80. The minimum absolute atomic E-state index is 0.313. The predicted molar refractivity (Wildman–Crippen MR) is 79.7 cm³/mol. The SMILES string of the molecule is CCOC(=O)C(N)CC1=CCN(C(=O)OC(C)(C)C)CC1. The fourth-order valence-electron chi connectivity index (χ4n) is 2.00. The van der Waals surface area contributed by atoms with Crippen LogP contribution in [0.4, 0.5) is 4.79 Å². The number of amides is 1. The number of carbonyl (C=O) groups is 2. The Bertz CT molecular complexity index is 412. The highest BCUT2D eigenvalue weighted by molar-refractivity contribution is 5.75. The highest BCUT2D eigenvalue weighted by Gasteiger charge is 2.25. The molecule has 2 N–H and O–H groups in total. The molecule has 0 saturated heterocycles. The molecule has 1 aliphatic heterocycles. The largest absolute Gasteiger partial charge is 0.465 e. The van der Waals surface area contributed by atoms with E-state index in [9.17, 15) is 9.59 Å². The Kier molecular flexibility index (Phi) is 6.20. The second-order valence-electron chi connectivity index (χ2n) is 6.10. The van der Waals surface area contributed by atoms with Gasteiger partial charge in [0.15, 0.2) is 0 Å². The molecule has 6 heteroatoms. The Morgan fingerprint density at radius 1 is 1.43 bits per heavy atom. The lowest BCUT2D eigenvalue weighted by Crippen LogP contribution is -2.40. The number of nitrogens with two attached hydrogens (primary N) is 1.